The number of ether oxygens (including phenoxy) is 3. The van der Waals surface area contributed by atoms with Gasteiger partial charge in [-0.05, 0) is 77.0 Å². The van der Waals surface area contributed by atoms with Crippen LogP contribution in [0.25, 0.3) is 0 Å². The number of carbonyl (C=O) groups excluding carboxylic acids is 3. The summed E-state index contributed by atoms with van der Waals surface area (Å²) in [6.07, 6.45) is 85.7. The maximum absolute atomic E-state index is 13.0. The quantitative estimate of drug-likeness (QED) is 0.0261. The van der Waals surface area contributed by atoms with Gasteiger partial charge in [0.1, 0.15) is 13.2 Å². The van der Waals surface area contributed by atoms with Crippen molar-refractivity contribution < 1.29 is 28.6 Å². The van der Waals surface area contributed by atoms with E-state index in [2.05, 4.69) is 69.4 Å². The highest BCUT2D eigenvalue weighted by molar-refractivity contribution is 5.71. The molecule has 0 aliphatic rings. The molecular formula is C73H134O6. The smallest absolute Gasteiger partial charge is 0.306 e. The zero-order chi connectivity index (χ0) is 57.1. The number of esters is 3. The monoisotopic (exact) mass is 1110 g/mol. The van der Waals surface area contributed by atoms with Crippen LogP contribution in [0, 0.1) is 0 Å². The summed E-state index contributed by atoms with van der Waals surface area (Å²) in [6.45, 7) is 6.59. The van der Waals surface area contributed by atoms with Crippen molar-refractivity contribution in [1.82, 2.24) is 0 Å². The highest BCUT2D eigenvalue weighted by atomic mass is 16.6. The lowest BCUT2D eigenvalue weighted by atomic mass is 10.0. The summed E-state index contributed by atoms with van der Waals surface area (Å²) in [5.74, 6) is -0.865. The third-order valence-corrected chi connectivity index (χ3v) is 15.8. The van der Waals surface area contributed by atoms with Crippen LogP contribution in [0.15, 0.2) is 48.6 Å². The Balaban J connectivity index is 4.27. The van der Waals surface area contributed by atoms with E-state index in [9.17, 15) is 14.4 Å². The first-order valence-electron chi connectivity index (χ1n) is 35.1. The van der Waals surface area contributed by atoms with Crippen molar-refractivity contribution in [2.24, 2.45) is 0 Å². The minimum Gasteiger partial charge on any atom is -0.462 e. The number of rotatable bonds is 65. The van der Waals surface area contributed by atoms with Gasteiger partial charge < -0.3 is 14.2 Å². The first-order chi connectivity index (χ1) is 39.0. The van der Waals surface area contributed by atoms with Crippen LogP contribution in [0.5, 0.6) is 0 Å². The van der Waals surface area contributed by atoms with Gasteiger partial charge >= 0.3 is 17.9 Å². The predicted molar refractivity (Wildman–Crippen MR) is 344 cm³/mol. The van der Waals surface area contributed by atoms with E-state index in [1.54, 1.807) is 0 Å². The average Bonchev–Trinajstić information content (AvgIpc) is 3.45. The summed E-state index contributed by atoms with van der Waals surface area (Å²) in [7, 11) is 0. The van der Waals surface area contributed by atoms with E-state index >= 15 is 0 Å². The lowest BCUT2D eigenvalue weighted by Gasteiger charge is -2.18. The van der Waals surface area contributed by atoms with Gasteiger partial charge in [0, 0.05) is 19.3 Å². The normalized spacial score (nSPS) is 12.3. The molecule has 6 heteroatoms. The largest absolute Gasteiger partial charge is 0.462 e. The Hall–Kier alpha value is -2.63. The van der Waals surface area contributed by atoms with Crippen molar-refractivity contribution in [2.75, 3.05) is 13.2 Å². The topological polar surface area (TPSA) is 78.9 Å². The van der Waals surface area contributed by atoms with Gasteiger partial charge in [-0.15, -0.1) is 0 Å². The molecule has 0 aliphatic heterocycles. The fourth-order valence-electron chi connectivity index (χ4n) is 10.6. The van der Waals surface area contributed by atoms with Gasteiger partial charge in [-0.2, -0.15) is 0 Å². The van der Waals surface area contributed by atoms with Crippen LogP contribution in [0.2, 0.25) is 0 Å². The van der Waals surface area contributed by atoms with Gasteiger partial charge in [-0.25, -0.2) is 0 Å². The third-order valence-electron chi connectivity index (χ3n) is 15.8. The van der Waals surface area contributed by atoms with Crippen LogP contribution in [-0.2, 0) is 28.6 Å². The number of unbranched alkanes of at least 4 members (excludes halogenated alkanes) is 46. The molecule has 79 heavy (non-hydrogen) atoms. The number of hydrogen-bond donors (Lipinski definition) is 0. The van der Waals surface area contributed by atoms with Crippen molar-refractivity contribution in [3.8, 4) is 0 Å². The van der Waals surface area contributed by atoms with Crippen molar-refractivity contribution in [1.29, 1.82) is 0 Å². The Labute approximate surface area is 492 Å². The Morgan fingerprint density at radius 3 is 0.785 bits per heavy atom. The van der Waals surface area contributed by atoms with Gasteiger partial charge in [-0.1, -0.05) is 333 Å². The van der Waals surface area contributed by atoms with E-state index in [-0.39, 0.29) is 31.1 Å². The summed E-state index contributed by atoms with van der Waals surface area (Å²) < 4.78 is 17.0. The van der Waals surface area contributed by atoms with Crippen molar-refractivity contribution in [2.45, 2.75) is 386 Å². The Morgan fingerprint density at radius 2 is 0.494 bits per heavy atom. The SMILES string of the molecule is CC/C=C\C/C=C\C/C=C\CCCCCCCC(=O)OCC(COC(=O)CCCCCCCCCCCCCCC/C=C\CCCCCCCCCC)OC(=O)CCCCCCCCCCCCCCCCCCCCCCC. The summed E-state index contributed by atoms with van der Waals surface area (Å²) in [5, 5.41) is 0. The summed E-state index contributed by atoms with van der Waals surface area (Å²) >= 11 is 0. The fourth-order valence-corrected chi connectivity index (χ4v) is 10.6. The van der Waals surface area contributed by atoms with Crippen molar-refractivity contribution >= 4 is 17.9 Å². The standard InChI is InChI=1S/C73H134O6/c1-4-7-10-13-16-19-22-25-28-30-32-34-35-36-37-39-40-42-45-48-51-54-57-60-63-66-72(75)78-69-70(68-77-71(74)65-62-59-56-53-50-47-44-27-24-21-18-15-12-9-6-3)79-73(76)67-64-61-58-55-52-49-46-43-41-38-33-31-29-26-23-20-17-14-11-8-5-2/h9,12,18,21,27,30,32,44,70H,4-8,10-11,13-17,19-20,22-26,28-29,31,33-43,45-69H2,1-3H3/b12-9-,21-18-,32-30-,44-27-. The lowest BCUT2D eigenvalue weighted by molar-refractivity contribution is -0.167. The molecule has 0 spiro atoms. The molecule has 0 rings (SSSR count). The van der Waals surface area contributed by atoms with E-state index in [0.717, 1.165) is 96.3 Å². The average molecular weight is 1110 g/mol. The minimum absolute atomic E-state index is 0.0744. The highest BCUT2D eigenvalue weighted by Crippen LogP contribution is 2.18. The first-order valence-corrected chi connectivity index (χ1v) is 35.1. The highest BCUT2D eigenvalue weighted by Gasteiger charge is 2.19. The zero-order valence-electron chi connectivity index (χ0n) is 53.2. The maximum atomic E-state index is 13.0. The predicted octanol–water partition coefficient (Wildman–Crippen LogP) is 24.1. The first kappa shape index (κ1) is 76.4. The molecular weight excluding hydrogens is 973 g/mol. The molecule has 6 nitrogen and oxygen atoms in total. The number of hydrogen-bond acceptors (Lipinski definition) is 6. The summed E-state index contributed by atoms with van der Waals surface area (Å²) in [6, 6.07) is 0. The number of carbonyl (C=O) groups is 3. The lowest BCUT2D eigenvalue weighted by Crippen LogP contribution is -2.30. The molecule has 1 unspecified atom stereocenters. The van der Waals surface area contributed by atoms with Crippen LogP contribution < -0.4 is 0 Å². The van der Waals surface area contributed by atoms with Crippen LogP contribution >= 0.6 is 0 Å². The fraction of sp³-hybridized carbons (Fsp3) is 0.849. The maximum Gasteiger partial charge on any atom is 0.306 e. The van der Waals surface area contributed by atoms with Gasteiger partial charge in [0.05, 0.1) is 0 Å². The molecule has 0 saturated carbocycles. The molecule has 0 aromatic rings. The van der Waals surface area contributed by atoms with Gasteiger partial charge in [0.2, 0.25) is 0 Å². The van der Waals surface area contributed by atoms with Crippen LogP contribution in [0.3, 0.4) is 0 Å². The molecule has 0 bridgehead atoms. The zero-order valence-corrected chi connectivity index (χ0v) is 53.2. The molecule has 1 atom stereocenters. The van der Waals surface area contributed by atoms with Gasteiger partial charge in [-0.3, -0.25) is 14.4 Å². The summed E-state index contributed by atoms with van der Waals surface area (Å²) in [4.78, 5) is 38.4. The van der Waals surface area contributed by atoms with E-state index in [0.29, 0.717) is 19.3 Å². The molecule has 462 valence electrons. The molecule has 0 aromatic heterocycles. The number of allylic oxidation sites excluding steroid dienone is 8. The van der Waals surface area contributed by atoms with Crippen molar-refractivity contribution in [3.05, 3.63) is 48.6 Å². The summed E-state index contributed by atoms with van der Waals surface area (Å²) in [5.41, 5.74) is 0. The molecule has 0 amide bonds. The van der Waals surface area contributed by atoms with Crippen molar-refractivity contribution in [3.63, 3.8) is 0 Å². The molecule has 0 heterocycles. The Morgan fingerprint density at radius 1 is 0.266 bits per heavy atom. The molecule has 0 aromatic carbocycles. The molecule has 0 N–H and O–H groups in total. The minimum atomic E-state index is -0.779. The molecule has 0 radical (unpaired) electrons. The van der Waals surface area contributed by atoms with Gasteiger partial charge in [0.25, 0.3) is 0 Å². The van der Waals surface area contributed by atoms with Crippen LogP contribution in [0.1, 0.15) is 380 Å². The second-order valence-corrected chi connectivity index (χ2v) is 23.8. The van der Waals surface area contributed by atoms with Crippen LogP contribution in [-0.4, -0.2) is 37.2 Å². The van der Waals surface area contributed by atoms with Gasteiger partial charge in [0.15, 0.2) is 6.10 Å². The second-order valence-electron chi connectivity index (χ2n) is 23.8. The van der Waals surface area contributed by atoms with E-state index < -0.39 is 6.10 Å². The third kappa shape index (κ3) is 66.1. The molecule has 0 saturated heterocycles. The molecule has 0 fully saturated rings. The molecule has 0 aliphatic carbocycles. The van der Waals surface area contributed by atoms with E-state index in [1.807, 2.05) is 0 Å². The Kier molecular flexibility index (Phi) is 65.6. The Bertz CT molecular complexity index is 1360. The van der Waals surface area contributed by atoms with Crippen LogP contribution in [0.4, 0.5) is 0 Å². The van der Waals surface area contributed by atoms with E-state index in [4.69, 9.17) is 14.2 Å². The van der Waals surface area contributed by atoms with E-state index in [1.165, 1.54) is 244 Å². The second kappa shape index (κ2) is 67.9.